The largest absolute Gasteiger partial charge is 3.00 e. The van der Waals surface area contributed by atoms with Crippen LogP contribution in [0.5, 0.6) is 0 Å². The molecule has 0 radical (unpaired) electrons. The number of halogens is 3. The van der Waals surface area contributed by atoms with Crippen LogP contribution in [-0.2, 0) is 23.0 Å². The molecule has 1 rings (SSSR count). The fourth-order valence-corrected chi connectivity index (χ4v) is 5.50. The summed E-state index contributed by atoms with van der Waals surface area (Å²) >= 11 is 0. The van der Waals surface area contributed by atoms with Crippen LogP contribution in [0.2, 0.25) is 0 Å². The van der Waals surface area contributed by atoms with Gasteiger partial charge in [-0.15, -0.1) is 0 Å². The molecule has 0 aliphatic rings. The van der Waals surface area contributed by atoms with Crippen LogP contribution in [-0.4, -0.2) is 67.3 Å². The fraction of sp³-hybridized carbons (Fsp3) is 0.773. The number of oxime groups is 2. The van der Waals surface area contributed by atoms with Crippen molar-refractivity contribution in [2.45, 2.75) is 93.2 Å². The zero-order valence-corrected chi connectivity index (χ0v) is 25.7. The molecule has 0 saturated heterocycles. The third-order valence-corrected chi connectivity index (χ3v) is 8.03. The second-order valence-electron chi connectivity index (χ2n) is 7.99. The summed E-state index contributed by atoms with van der Waals surface area (Å²) < 4.78 is 34.2. The van der Waals surface area contributed by atoms with Crippen molar-refractivity contribution in [2.24, 2.45) is 20.6 Å². The summed E-state index contributed by atoms with van der Waals surface area (Å²) in [6, 6.07) is 0. The number of nitrogens with zero attached hydrogens (tertiary/aromatic N) is 8. The summed E-state index contributed by atoms with van der Waals surface area (Å²) in [7, 11) is 0.0675. The van der Waals surface area contributed by atoms with Crippen molar-refractivity contribution in [3.63, 3.8) is 0 Å². The van der Waals surface area contributed by atoms with Crippen LogP contribution in [0, 0.1) is 10.4 Å². The average molecular weight is 630 g/mol. The standard InChI is InChI=1S/C12H27P.2C4H8N2O2.C2F3N4.Co/c1-4-7-10-13(11-8-5-2)12-9-6-3;2*1-3(5-7)4(2)6-8;3-2(4,5)1-6-8-9-7-1;/h4-12H2,1-3H3;2*7-8H,1-2H3;;/q;;;-1;+3/p-1/b;2*5-3+,6-4+;;. The molecule has 0 aromatic carbocycles. The molecule has 1 aromatic rings. The van der Waals surface area contributed by atoms with E-state index in [1.54, 1.807) is 18.5 Å². The molecule has 0 unspecified atom stereocenters. The van der Waals surface area contributed by atoms with Gasteiger partial charge in [0.2, 0.25) is 0 Å². The van der Waals surface area contributed by atoms with Crippen molar-refractivity contribution in [1.82, 2.24) is 20.6 Å². The number of alkyl halides is 3. The molecule has 39 heavy (non-hydrogen) atoms. The number of hydrogen-bond acceptors (Lipinski definition) is 11. The quantitative estimate of drug-likeness (QED) is 0.128. The van der Waals surface area contributed by atoms with E-state index in [1.165, 1.54) is 66.2 Å². The summed E-state index contributed by atoms with van der Waals surface area (Å²) in [5, 5.41) is 56.3. The van der Waals surface area contributed by atoms with E-state index in [0.717, 1.165) is 0 Å². The molecule has 228 valence electrons. The van der Waals surface area contributed by atoms with Gasteiger partial charge in [0, 0.05) is 7.92 Å². The smallest absolute Gasteiger partial charge is 0.792 e. The van der Waals surface area contributed by atoms with E-state index in [4.69, 9.17) is 10.4 Å². The Balaban J connectivity index is -0.000000212. The molecule has 12 nitrogen and oxygen atoms in total. The first-order valence-electron chi connectivity index (χ1n) is 12.2. The van der Waals surface area contributed by atoms with Gasteiger partial charge in [0.1, 0.15) is 5.82 Å². The minimum atomic E-state index is -4.52. The Morgan fingerprint density at radius 3 is 1.31 bits per heavy atom. The van der Waals surface area contributed by atoms with Crippen LogP contribution >= 0.6 is 7.92 Å². The van der Waals surface area contributed by atoms with E-state index in [9.17, 15) is 23.6 Å². The number of tetrazole rings is 1. The summed E-state index contributed by atoms with van der Waals surface area (Å²) in [5.74, 6) is -1.30. The van der Waals surface area contributed by atoms with Crippen LogP contribution in [0.15, 0.2) is 20.6 Å². The number of unbranched alkanes of at least 4 members (excludes halogenated alkanes) is 3. The molecule has 0 aliphatic carbocycles. The van der Waals surface area contributed by atoms with E-state index in [0.29, 0.717) is 0 Å². The molecule has 0 aliphatic heterocycles. The van der Waals surface area contributed by atoms with Gasteiger partial charge in [0.25, 0.3) is 0 Å². The fourth-order valence-electron chi connectivity index (χ4n) is 2.19. The third kappa shape index (κ3) is 27.0. The molecular formula is C22H42CoF3N8O4P+. The molecule has 0 saturated carbocycles. The van der Waals surface area contributed by atoms with Gasteiger partial charge >= 0.3 is 23.0 Å². The molecule has 2 N–H and O–H groups in total. The Morgan fingerprint density at radius 2 is 1.15 bits per heavy atom. The van der Waals surface area contributed by atoms with Gasteiger partial charge in [-0.1, -0.05) is 50.3 Å². The molecule has 0 atom stereocenters. The maximum Gasteiger partial charge on any atom is 3.00 e. The van der Waals surface area contributed by atoms with Crippen LogP contribution in [0.3, 0.4) is 0 Å². The minimum absolute atomic E-state index is 0. The van der Waals surface area contributed by atoms with Crippen molar-refractivity contribution < 1.29 is 40.4 Å². The predicted octanol–water partition coefficient (Wildman–Crippen LogP) is 6.04. The Kier molecular flexibility index (Phi) is 32.1. The number of rotatable bonds is 11. The maximum atomic E-state index is 11.4. The van der Waals surface area contributed by atoms with Crippen LogP contribution in [0.1, 0.15) is 92.8 Å². The van der Waals surface area contributed by atoms with E-state index in [2.05, 4.69) is 62.0 Å². The van der Waals surface area contributed by atoms with Crippen LogP contribution < -0.4 is 5.10 Å². The Labute approximate surface area is 240 Å². The summed E-state index contributed by atoms with van der Waals surface area (Å²) in [6.07, 6.45) is 8.88. The monoisotopic (exact) mass is 629 g/mol. The Morgan fingerprint density at radius 1 is 0.795 bits per heavy atom. The second-order valence-corrected chi connectivity index (χ2v) is 11.0. The zero-order valence-electron chi connectivity index (χ0n) is 23.6. The first kappa shape index (κ1) is 43.7. The molecule has 17 heteroatoms. The molecule has 1 aromatic heterocycles. The SMILES string of the molecule is CC(=N\[O-])/C(C)=N/O.CC(=N\[O-])/C(C)=N/O.CCCC[PH+](CCCC)CCCC.FC(F)(F)c1nnn[n-]1.[Co+3]. The van der Waals surface area contributed by atoms with Gasteiger partial charge in [-0.2, -0.15) is 18.4 Å². The molecular weight excluding hydrogens is 587 g/mol. The van der Waals surface area contributed by atoms with E-state index >= 15 is 0 Å². The molecule has 0 fully saturated rings. The Hall–Kier alpha value is -2.32. The van der Waals surface area contributed by atoms with Gasteiger partial charge in [-0.25, -0.2) is 0 Å². The van der Waals surface area contributed by atoms with Crippen molar-refractivity contribution in [1.29, 1.82) is 0 Å². The molecule has 0 amide bonds. The van der Waals surface area contributed by atoms with Gasteiger partial charge < -0.3 is 36.2 Å². The van der Waals surface area contributed by atoms with Gasteiger partial charge in [0.05, 0.1) is 41.3 Å². The van der Waals surface area contributed by atoms with Crippen LogP contribution in [0.25, 0.3) is 0 Å². The molecule has 1 heterocycles. The Bertz CT molecular complexity index is 729. The number of hydrogen-bond donors (Lipinski definition) is 2. The van der Waals surface area contributed by atoms with Gasteiger partial charge in [-0.3, -0.25) is 10.3 Å². The predicted molar refractivity (Wildman–Crippen MR) is 149 cm³/mol. The summed E-state index contributed by atoms with van der Waals surface area (Å²) in [4.78, 5) is 0. The van der Waals surface area contributed by atoms with E-state index in [-0.39, 0.29) is 47.5 Å². The minimum Gasteiger partial charge on any atom is -0.792 e. The second kappa shape index (κ2) is 28.7. The van der Waals surface area contributed by atoms with Crippen molar-refractivity contribution in [2.75, 3.05) is 18.5 Å². The van der Waals surface area contributed by atoms with Crippen LogP contribution in [0.4, 0.5) is 13.2 Å². The third-order valence-electron chi connectivity index (χ3n) is 4.85. The van der Waals surface area contributed by atoms with E-state index < -0.39 is 12.0 Å². The van der Waals surface area contributed by atoms with Crippen molar-refractivity contribution >= 4 is 30.8 Å². The first-order chi connectivity index (χ1) is 17.9. The maximum absolute atomic E-state index is 11.4. The first-order valence-corrected chi connectivity index (χ1v) is 14.3. The van der Waals surface area contributed by atoms with Gasteiger partial charge in [-0.05, 0) is 47.0 Å². The van der Waals surface area contributed by atoms with Crippen molar-refractivity contribution in [3.8, 4) is 0 Å². The zero-order chi connectivity index (χ0) is 30.0. The normalized spacial score (nSPS) is 12.3. The van der Waals surface area contributed by atoms with E-state index in [1.807, 2.05) is 0 Å². The summed E-state index contributed by atoms with van der Waals surface area (Å²) in [5.41, 5.74) is 0.903. The molecule has 0 spiro atoms. The average Bonchev–Trinajstić information content (AvgIpc) is 3.48. The topological polar surface area (TPSA) is 189 Å². The van der Waals surface area contributed by atoms with Crippen molar-refractivity contribution in [3.05, 3.63) is 16.2 Å². The molecule has 0 bridgehead atoms. The number of aromatic nitrogens is 4. The summed E-state index contributed by atoms with van der Waals surface area (Å²) in [6.45, 7) is 12.9. The van der Waals surface area contributed by atoms with Gasteiger partial charge in [0.15, 0.2) is 0 Å².